The highest BCUT2D eigenvalue weighted by molar-refractivity contribution is 5.40. The molecule has 1 aromatic carbocycles. The normalized spacial score (nSPS) is 10.1. The van der Waals surface area contributed by atoms with Crippen molar-refractivity contribution in [2.24, 2.45) is 0 Å². The average molecular weight is 167 g/mol. The molecule has 3 heteroatoms. The van der Waals surface area contributed by atoms with Crippen molar-refractivity contribution < 1.29 is 10.2 Å². The van der Waals surface area contributed by atoms with Crippen LogP contribution in [0.3, 0.4) is 0 Å². The van der Waals surface area contributed by atoms with Gasteiger partial charge in [0.25, 0.3) is 0 Å². The lowest BCUT2D eigenvalue weighted by Gasteiger charge is -2.03. The quantitative estimate of drug-likeness (QED) is 0.593. The Kier molecular flexibility index (Phi) is 2.94. The van der Waals surface area contributed by atoms with Gasteiger partial charge in [0, 0.05) is 6.54 Å². The largest absolute Gasteiger partial charge is 0.504 e. The first-order valence-corrected chi connectivity index (χ1v) is 3.95. The van der Waals surface area contributed by atoms with Crippen LogP contribution in [0.4, 0.5) is 0 Å². The van der Waals surface area contributed by atoms with Gasteiger partial charge < -0.3 is 15.5 Å². The predicted octanol–water partition coefficient (Wildman–Crippen LogP) is 1.21. The van der Waals surface area contributed by atoms with Gasteiger partial charge in [-0.15, -0.1) is 0 Å². The number of benzene rings is 1. The van der Waals surface area contributed by atoms with E-state index in [-0.39, 0.29) is 11.5 Å². The van der Waals surface area contributed by atoms with E-state index >= 15 is 0 Å². The smallest absolute Gasteiger partial charge is 0.157 e. The second-order valence-electron chi connectivity index (χ2n) is 2.60. The summed E-state index contributed by atoms with van der Waals surface area (Å²) in [7, 11) is 0. The standard InChI is InChI=1S/C9H13NO2/c1-2-10-6-7-3-4-8(11)9(12)5-7/h3-5,10-12H,2,6H2,1H3. The Balaban J connectivity index is 2.69. The molecule has 0 spiro atoms. The van der Waals surface area contributed by atoms with E-state index in [9.17, 15) is 0 Å². The van der Waals surface area contributed by atoms with Crippen molar-refractivity contribution in [1.82, 2.24) is 5.32 Å². The number of aromatic hydroxyl groups is 2. The van der Waals surface area contributed by atoms with E-state index in [1.54, 1.807) is 12.1 Å². The van der Waals surface area contributed by atoms with Crippen LogP contribution in [-0.4, -0.2) is 16.8 Å². The second-order valence-corrected chi connectivity index (χ2v) is 2.60. The van der Waals surface area contributed by atoms with Crippen LogP contribution in [0.1, 0.15) is 12.5 Å². The van der Waals surface area contributed by atoms with Gasteiger partial charge >= 0.3 is 0 Å². The first-order valence-electron chi connectivity index (χ1n) is 3.95. The molecule has 0 atom stereocenters. The third kappa shape index (κ3) is 2.13. The summed E-state index contributed by atoms with van der Waals surface area (Å²) >= 11 is 0. The van der Waals surface area contributed by atoms with Crippen LogP contribution >= 0.6 is 0 Å². The van der Waals surface area contributed by atoms with Gasteiger partial charge in [0.05, 0.1) is 0 Å². The molecule has 0 aliphatic rings. The monoisotopic (exact) mass is 167 g/mol. The maximum Gasteiger partial charge on any atom is 0.157 e. The minimum absolute atomic E-state index is 0.0644. The molecule has 1 aromatic rings. The van der Waals surface area contributed by atoms with E-state index in [4.69, 9.17) is 10.2 Å². The van der Waals surface area contributed by atoms with Gasteiger partial charge in [0.1, 0.15) is 0 Å². The lowest BCUT2D eigenvalue weighted by molar-refractivity contribution is 0.403. The Morgan fingerprint density at radius 1 is 1.25 bits per heavy atom. The Morgan fingerprint density at radius 3 is 2.58 bits per heavy atom. The molecule has 12 heavy (non-hydrogen) atoms. The van der Waals surface area contributed by atoms with Gasteiger partial charge in [-0.25, -0.2) is 0 Å². The predicted molar refractivity (Wildman–Crippen MR) is 47.2 cm³/mol. The van der Waals surface area contributed by atoms with E-state index in [0.29, 0.717) is 6.54 Å². The SMILES string of the molecule is CCNCc1ccc(O)c(O)c1. The first kappa shape index (κ1) is 8.87. The zero-order valence-corrected chi connectivity index (χ0v) is 7.04. The Bertz CT molecular complexity index is 261. The molecule has 0 amide bonds. The second kappa shape index (κ2) is 3.97. The van der Waals surface area contributed by atoms with Crippen LogP contribution in [0.5, 0.6) is 11.5 Å². The number of nitrogens with one attached hydrogen (secondary N) is 1. The Morgan fingerprint density at radius 2 is 2.00 bits per heavy atom. The number of rotatable bonds is 3. The number of phenols is 2. The van der Waals surface area contributed by atoms with Crippen molar-refractivity contribution in [3.8, 4) is 11.5 Å². The highest BCUT2D eigenvalue weighted by atomic mass is 16.3. The minimum Gasteiger partial charge on any atom is -0.504 e. The van der Waals surface area contributed by atoms with Gasteiger partial charge in [-0.1, -0.05) is 13.0 Å². The fourth-order valence-corrected chi connectivity index (χ4v) is 0.948. The van der Waals surface area contributed by atoms with E-state index < -0.39 is 0 Å². The molecule has 0 unspecified atom stereocenters. The highest BCUT2D eigenvalue weighted by Gasteiger charge is 1.98. The van der Waals surface area contributed by atoms with Crippen LogP contribution in [0.2, 0.25) is 0 Å². The van der Waals surface area contributed by atoms with Gasteiger partial charge in [-0.3, -0.25) is 0 Å². The third-order valence-corrected chi connectivity index (χ3v) is 1.62. The Hall–Kier alpha value is -1.22. The molecule has 0 aliphatic carbocycles. The average Bonchev–Trinajstić information content (AvgIpc) is 2.07. The molecule has 3 N–H and O–H groups in total. The van der Waals surface area contributed by atoms with Gasteiger partial charge in [0.2, 0.25) is 0 Å². The minimum atomic E-state index is -0.0738. The van der Waals surface area contributed by atoms with Crippen molar-refractivity contribution >= 4 is 0 Å². The molecule has 0 aromatic heterocycles. The zero-order chi connectivity index (χ0) is 8.97. The molecule has 0 radical (unpaired) electrons. The number of phenolic OH excluding ortho intramolecular Hbond substituents is 2. The number of hydrogen-bond donors (Lipinski definition) is 3. The zero-order valence-electron chi connectivity index (χ0n) is 7.04. The maximum absolute atomic E-state index is 9.12. The van der Waals surface area contributed by atoms with Crippen LogP contribution in [0, 0.1) is 0 Å². The fraction of sp³-hybridized carbons (Fsp3) is 0.333. The van der Waals surface area contributed by atoms with Crippen LogP contribution in [-0.2, 0) is 6.54 Å². The Labute approximate surface area is 71.7 Å². The summed E-state index contributed by atoms with van der Waals surface area (Å²) in [4.78, 5) is 0. The van der Waals surface area contributed by atoms with Crippen molar-refractivity contribution in [2.45, 2.75) is 13.5 Å². The summed E-state index contributed by atoms with van der Waals surface area (Å²) in [6.45, 7) is 3.62. The van der Waals surface area contributed by atoms with E-state index in [1.807, 2.05) is 6.92 Å². The topological polar surface area (TPSA) is 52.5 Å². The molecular weight excluding hydrogens is 154 g/mol. The summed E-state index contributed by atoms with van der Waals surface area (Å²) in [5.41, 5.74) is 0.965. The molecular formula is C9H13NO2. The van der Waals surface area contributed by atoms with Gasteiger partial charge in [0.15, 0.2) is 11.5 Å². The van der Waals surface area contributed by atoms with Crippen LogP contribution < -0.4 is 5.32 Å². The highest BCUT2D eigenvalue weighted by Crippen LogP contribution is 2.24. The summed E-state index contributed by atoms with van der Waals surface area (Å²) < 4.78 is 0. The lowest BCUT2D eigenvalue weighted by Crippen LogP contribution is -2.11. The summed E-state index contributed by atoms with van der Waals surface area (Å²) in [5, 5.41) is 21.2. The molecule has 0 aliphatic heterocycles. The van der Waals surface area contributed by atoms with Gasteiger partial charge in [-0.2, -0.15) is 0 Å². The molecule has 1 rings (SSSR count). The maximum atomic E-state index is 9.12. The molecule has 0 saturated carbocycles. The molecule has 0 heterocycles. The summed E-state index contributed by atoms with van der Waals surface area (Å²) in [6.07, 6.45) is 0. The summed E-state index contributed by atoms with van der Waals surface area (Å²) in [6, 6.07) is 4.82. The van der Waals surface area contributed by atoms with Crippen LogP contribution in [0.25, 0.3) is 0 Å². The lowest BCUT2D eigenvalue weighted by atomic mass is 10.2. The van der Waals surface area contributed by atoms with Gasteiger partial charge in [-0.05, 0) is 24.2 Å². The molecule has 3 nitrogen and oxygen atoms in total. The fourth-order valence-electron chi connectivity index (χ4n) is 0.948. The van der Waals surface area contributed by atoms with Crippen LogP contribution in [0.15, 0.2) is 18.2 Å². The summed E-state index contributed by atoms with van der Waals surface area (Å²) in [5.74, 6) is -0.138. The van der Waals surface area contributed by atoms with E-state index in [1.165, 1.54) is 6.07 Å². The van der Waals surface area contributed by atoms with Crippen molar-refractivity contribution in [2.75, 3.05) is 6.54 Å². The van der Waals surface area contributed by atoms with Crippen molar-refractivity contribution in [1.29, 1.82) is 0 Å². The van der Waals surface area contributed by atoms with E-state index in [2.05, 4.69) is 5.32 Å². The third-order valence-electron chi connectivity index (χ3n) is 1.62. The number of hydrogen-bond acceptors (Lipinski definition) is 3. The molecule has 0 fully saturated rings. The molecule has 66 valence electrons. The first-order chi connectivity index (χ1) is 5.74. The van der Waals surface area contributed by atoms with Crippen molar-refractivity contribution in [3.05, 3.63) is 23.8 Å². The van der Waals surface area contributed by atoms with Crippen molar-refractivity contribution in [3.63, 3.8) is 0 Å². The molecule has 0 bridgehead atoms. The molecule has 0 saturated heterocycles. The van der Waals surface area contributed by atoms with E-state index in [0.717, 1.165) is 12.1 Å².